The van der Waals surface area contributed by atoms with E-state index in [0.717, 1.165) is 30.4 Å². The van der Waals surface area contributed by atoms with Crippen LogP contribution in [0.4, 0.5) is 10.5 Å². The van der Waals surface area contributed by atoms with Gasteiger partial charge in [-0.1, -0.05) is 6.07 Å². The second kappa shape index (κ2) is 5.76. The first-order valence-corrected chi connectivity index (χ1v) is 7.20. The lowest BCUT2D eigenvalue weighted by molar-refractivity contribution is -0.0287. The zero-order valence-corrected chi connectivity index (χ0v) is 12.3. The van der Waals surface area contributed by atoms with Crippen LogP contribution in [0.2, 0.25) is 0 Å². The molecule has 1 aromatic heterocycles. The van der Waals surface area contributed by atoms with Gasteiger partial charge in [0.1, 0.15) is 0 Å². The van der Waals surface area contributed by atoms with Crippen LogP contribution in [-0.2, 0) is 0 Å². The van der Waals surface area contributed by atoms with Crippen molar-refractivity contribution in [3.05, 3.63) is 30.2 Å². The van der Waals surface area contributed by atoms with Crippen LogP contribution < -0.4 is 10.6 Å². The highest BCUT2D eigenvalue weighted by molar-refractivity contribution is 5.90. The Morgan fingerprint density at radius 3 is 2.91 bits per heavy atom. The number of rotatable bonds is 4. The molecule has 0 unspecified atom stereocenters. The zero-order chi connectivity index (χ0) is 15.6. The summed E-state index contributed by atoms with van der Waals surface area (Å²) in [6.07, 6.45) is 3.73. The molecule has 0 aliphatic heterocycles. The molecular weight excluding hydrogens is 284 g/mol. The van der Waals surface area contributed by atoms with E-state index in [1.54, 1.807) is 6.07 Å². The van der Waals surface area contributed by atoms with Gasteiger partial charge in [-0.3, -0.25) is 0 Å². The smallest absolute Gasteiger partial charge is 0.319 e. The van der Waals surface area contributed by atoms with Gasteiger partial charge in [-0.25, -0.2) is 4.79 Å². The van der Waals surface area contributed by atoms with Crippen molar-refractivity contribution in [2.24, 2.45) is 0 Å². The Morgan fingerprint density at radius 2 is 2.27 bits per heavy atom. The van der Waals surface area contributed by atoms with Gasteiger partial charge in [-0.2, -0.15) is 0 Å². The molecule has 2 amide bonds. The number of carbonyl (C=O) groups excluding carboxylic acids is 1. The third-order valence-corrected chi connectivity index (χ3v) is 3.96. The van der Waals surface area contributed by atoms with Gasteiger partial charge in [0.05, 0.1) is 5.60 Å². The number of amides is 2. The number of urea groups is 1. The lowest BCUT2D eigenvalue weighted by Gasteiger charge is -2.36. The first-order chi connectivity index (χ1) is 10.6. The summed E-state index contributed by atoms with van der Waals surface area (Å²) in [5, 5.41) is 22.9. The highest BCUT2D eigenvalue weighted by Crippen LogP contribution is 2.30. The quantitative estimate of drug-likeness (QED) is 0.803. The second-order valence-corrected chi connectivity index (χ2v) is 5.66. The molecule has 1 aliphatic carbocycles. The van der Waals surface area contributed by atoms with Gasteiger partial charge < -0.3 is 20.2 Å². The van der Waals surface area contributed by atoms with Crippen molar-refractivity contribution < 1.29 is 14.3 Å². The molecule has 2 aromatic rings. The molecule has 7 nitrogen and oxygen atoms in total. The third-order valence-electron chi connectivity index (χ3n) is 3.96. The number of nitrogens with zero attached hydrogens (tertiary/aromatic N) is 2. The normalized spacial score (nSPS) is 15.9. The number of aromatic nitrogens is 2. The molecule has 3 rings (SSSR count). The van der Waals surface area contributed by atoms with Gasteiger partial charge in [-0.15, -0.1) is 10.2 Å². The summed E-state index contributed by atoms with van der Waals surface area (Å²) < 4.78 is 5.15. The van der Waals surface area contributed by atoms with Crippen LogP contribution in [0.5, 0.6) is 0 Å². The molecule has 0 spiro atoms. The van der Waals surface area contributed by atoms with E-state index in [1.807, 2.05) is 19.1 Å². The topological polar surface area (TPSA) is 100 Å². The van der Waals surface area contributed by atoms with E-state index in [0.29, 0.717) is 11.6 Å². The number of hydrogen-bond donors (Lipinski definition) is 3. The molecule has 1 saturated carbocycles. The molecule has 1 aromatic carbocycles. The van der Waals surface area contributed by atoms with Gasteiger partial charge >= 0.3 is 6.03 Å². The Hall–Kier alpha value is -2.41. The summed E-state index contributed by atoms with van der Waals surface area (Å²) in [6.45, 7) is 2.16. The Balaban J connectivity index is 1.66. The SMILES string of the molecule is Cc1ccc(-c2nnco2)cc1NC(=O)NCC1(O)CCC1. The van der Waals surface area contributed by atoms with E-state index in [-0.39, 0.29) is 12.6 Å². The maximum atomic E-state index is 12.0. The number of hydrogen-bond acceptors (Lipinski definition) is 5. The lowest BCUT2D eigenvalue weighted by Crippen LogP contribution is -2.48. The minimum atomic E-state index is -0.738. The summed E-state index contributed by atoms with van der Waals surface area (Å²) >= 11 is 0. The van der Waals surface area contributed by atoms with Crippen molar-refractivity contribution in [3.8, 4) is 11.5 Å². The summed E-state index contributed by atoms with van der Waals surface area (Å²) in [6, 6.07) is 5.16. The lowest BCUT2D eigenvalue weighted by atomic mass is 9.80. The van der Waals surface area contributed by atoms with Gasteiger partial charge in [0.2, 0.25) is 12.3 Å². The Bertz CT molecular complexity index is 665. The van der Waals surface area contributed by atoms with Crippen LogP contribution in [0.15, 0.2) is 29.0 Å². The van der Waals surface area contributed by atoms with Crippen molar-refractivity contribution >= 4 is 11.7 Å². The average Bonchev–Trinajstić information content (AvgIpc) is 2.99. The molecule has 0 atom stereocenters. The number of nitrogens with one attached hydrogen (secondary N) is 2. The Morgan fingerprint density at radius 1 is 1.45 bits per heavy atom. The van der Waals surface area contributed by atoms with Gasteiger partial charge in [0, 0.05) is 17.8 Å². The fraction of sp³-hybridized carbons (Fsp3) is 0.400. The number of aliphatic hydroxyl groups is 1. The van der Waals surface area contributed by atoms with Crippen molar-refractivity contribution in [2.45, 2.75) is 31.8 Å². The molecule has 1 fully saturated rings. The molecule has 1 heterocycles. The number of aryl methyl sites for hydroxylation is 1. The van der Waals surface area contributed by atoms with E-state index in [1.165, 1.54) is 6.39 Å². The molecule has 3 N–H and O–H groups in total. The number of benzene rings is 1. The van der Waals surface area contributed by atoms with Crippen LogP contribution in [0.1, 0.15) is 24.8 Å². The fourth-order valence-corrected chi connectivity index (χ4v) is 2.36. The van der Waals surface area contributed by atoms with Gasteiger partial charge in [0.25, 0.3) is 0 Å². The maximum absolute atomic E-state index is 12.0. The Kier molecular flexibility index (Phi) is 3.81. The molecule has 1 aliphatic rings. The summed E-state index contributed by atoms with van der Waals surface area (Å²) in [7, 11) is 0. The zero-order valence-electron chi connectivity index (χ0n) is 12.3. The monoisotopic (exact) mass is 302 g/mol. The highest BCUT2D eigenvalue weighted by Gasteiger charge is 2.34. The van der Waals surface area contributed by atoms with Crippen LogP contribution in [0.3, 0.4) is 0 Å². The van der Waals surface area contributed by atoms with Crippen molar-refractivity contribution in [1.29, 1.82) is 0 Å². The second-order valence-electron chi connectivity index (χ2n) is 5.66. The fourth-order valence-electron chi connectivity index (χ4n) is 2.36. The molecule has 0 saturated heterocycles. The van der Waals surface area contributed by atoms with E-state index in [2.05, 4.69) is 20.8 Å². The van der Waals surface area contributed by atoms with Gasteiger partial charge in [0.15, 0.2) is 0 Å². The van der Waals surface area contributed by atoms with E-state index in [4.69, 9.17) is 4.42 Å². The molecule has 0 bridgehead atoms. The number of anilines is 1. The van der Waals surface area contributed by atoms with Crippen LogP contribution in [-0.4, -0.2) is 33.5 Å². The van der Waals surface area contributed by atoms with Crippen LogP contribution in [0.25, 0.3) is 11.5 Å². The minimum Gasteiger partial charge on any atom is -0.423 e. The predicted octanol–water partition coefficient (Wildman–Crippen LogP) is 2.08. The molecule has 0 radical (unpaired) electrons. The maximum Gasteiger partial charge on any atom is 0.319 e. The predicted molar refractivity (Wildman–Crippen MR) is 80.3 cm³/mol. The third kappa shape index (κ3) is 3.09. The first-order valence-electron chi connectivity index (χ1n) is 7.20. The number of carbonyl (C=O) groups is 1. The molecule has 22 heavy (non-hydrogen) atoms. The van der Waals surface area contributed by atoms with Crippen molar-refractivity contribution in [1.82, 2.24) is 15.5 Å². The van der Waals surface area contributed by atoms with E-state index < -0.39 is 5.60 Å². The van der Waals surface area contributed by atoms with Crippen LogP contribution >= 0.6 is 0 Å². The van der Waals surface area contributed by atoms with Crippen molar-refractivity contribution in [3.63, 3.8) is 0 Å². The summed E-state index contributed by atoms with van der Waals surface area (Å²) in [4.78, 5) is 12.0. The first kappa shape index (κ1) is 14.5. The van der Waals surface area contributed by atoms with E-state index >= 15 is 0 Å². The van der Waals surface area contributed by atoms with Crippen LogP contribution in [0, 0.1) is 6.92 Å². The Labute approximate surface area is 127 Å². The minimum absolute atomic E-state index is 0.265. The van der Waals surface area contributed by atoms with Crippen molar-refractivity contribution in [2.75, 3.05) is 11.9 Å². The molecule has 7 heteroatoms. The molecular formula is C15H18N4O3. The standard InChI is InChI=1S/C15H18N4O3/c1-10-3-4-11(13-19-17-9-22-13)7-12(10)18-14(20)16-8-15(21)5-2-6-15/h3-4,7,9,21H,2,5-6,8H2,1H3,(H2,16,18,20). The average molecular weight is 302 g/mol. The summed E-state index contributed by atoms with van der Waals surface area (Å²) in [5.74, 6) is 0.396. The highest BCUT2D eigenvalue weighted by atomic mass is 16.4. The van der Waals surface area contributed by atoms with E-state index in [9.17, 15) is 9.90 Å². The van der Waals surface area contributed by atoms with Gasteiger partial charge in [-0.05, 0) is 43.9 Å². The summed E-state index contributed by atoms with van der Waals surface area (Å²) in [5.41, 5.74) is 1.57. The molecule has 116 valence electrons. The largest absolute Gasteiger partial charge is 0.423 e.